The highest BCUT2D eigenvalue weighted by Gasteiger charge is 2.03. The van der Waals surface area contributed by atoms with E-state index in [-0.39, 0.29) is 0 Å². The van der Waals surface area contributed by atoms with Gasteiger partial charge in [0.05, 0.1) is 0 Å². The van der Waals surface area contributed by atoms with Crippen molar-refractivity contribution in [2.24, 2.45) is 10.7 Å². The number of para-hydroxylation sites is 1. The van der Waals surface area contributed by atoms with Crippen molar-refractivity contribution in [1.82, 2.24) is 0 Å². The highest BCUT2D eigenvalue weighted by Crippen LogP contribution is 2.12. The Bertz CT molecular complexity index is 517. The predicted molar refractivity (Wildman–Crippen MR) is 110 cm³/mol. The van der Waals surface area contributed by atoms with Gasteiger partial charge in [0.2, 0.25) is 0 Å². The van der Waals surface area contributed by atoms with Crippen LogP contribution in [0.15, 0.2) is 35.3 Å². The number of anilines is 1. The lowest BCUT2D eigenvalue weighted by atomic mass is 10.1. The quantitative estimate of drug-likeness (QED) is 0.283. The molecular weight excluding hydrogens is 326 g/mol. The third-order valence-corrected chi connectivity index (χ3v) is 4.56. The van der Waals surface area contributed by atoms with Crippen molar-refractivity contribution in [3.63, 3.8) is 0 Å². The van der Waals surface area contributed by atoms with Crippen LogP contribution in [0.2, 0.25) is 0 Å². The zero-order chi connectivity index (χ0) is 19.0. The molecule has 26 heavy (non-hydrogen) atoms. The molecule has 0 spiro atoms. The molecule has 5 nitrogen and oxygen atoms in total. The van der Waals surface area contributed by atoms with Crippen molar-refractivity contribution in [2.45, 2.75) is 70.6 Å². The number of hydrogen-bond acceptors (Lipinski definition) is 2. The number of aliphatic imine (C=N–C) groups is 1. The molecule has 0 atom stereocenters. The molecule has 5 heteroatoms. The van der Waals surface area contributed by atoms with Crippen LogP contribution >= 0.6 is 0 Å². The van der Waals surface area contributed by atoms with Crippen molar-refractivity contribution in [3.8, 4) is 0 Å². The zero-order valence-corrected chi connectivity index (χ0v) is 16.2. The lowest BCUT2D eigenvalue weighted by Gasteiger charge is -2.17. The van der Waals surface area contributed by atoms with Crippen LogP contribution in [0.3, 0.4) is 0 Å². The summed E-state index contributed by atoms with van der Waals surface area (Å²) in [6, 6.07) is 10.0. The number of aliphatic carboxylic acids is 1. The van der Waals surface area contributed by atoms with E-state index >= 15 is 0 Å². The summed E-state index contributed by atoms with van der Waals surface area (Å²) < 4.78 is 0. The molecule has 0 aliphatic heterocycles. The molecule has 0 radical (unpaired) electrons. The average Bonchev–Trinajstić information content (AvgIpc) is 2.65. The summed E-state index contributed by atoms with van der Waals surface area (Å²) in [5, 5.41) is 8.57. The second-order valence-electron chi connectivity index (χ2n) is 6.81. The van der Waals surface area contributed by atoms with Gasteiger partial charge in [0.15, 0.2) is 5.96 Å². The minimum atomic E-state index is -0.678. The largest absolute Gasteiger partial charge is 0.481 e. The van der Waals surface area contributed by atoms with E-state index in [0.29, 0.717) is 12.4 Å². The van der Waals surface area contributed by atoms with Crippen LogP contribution < -0.4 is 10.6 Å². The summed E-state index contributed by atoms with van der Waals surface area (Å²) in [5.41, 5.74) is 7.09. The topological polar surface area (TPSA) is 78.9 Å². The molecule has 0 bridgehead atoms. The van der Waals surface area contributed by atoms with E-state index in [2.05, 4.69) is 4.99 Å². The van der Waals surface area contributed by atoms with Crippen LogP contribution in [0.25, 0.3) is 0 Å². The number of carboxylic acid groups (broad SMARTS) is 1. The minimum absolute atomic E-state index is 0.314. The van der Waals surface area contributed by atoms with Crippen LogP contribution in [-0.2, 0) is 4.79 Å². The Morgan fingerprint density at radius 3 is 1.96 bits per heavy atom. The third kappa shape index (κ3) is 10.7. The van der Waals surface area contributed by atoms with Crippen LogP contribution in [0.4, 0.5) is 5.69 Å². The van der Waals surface area contributed by atoms with E-state index < -0.39 is 5.97 Å². The van der Waals surface area contributed by atoms with Gasteiger partial charge >= 0.3 is 5.97 Å². The number of guanidine groups is 1. The SMILES string of the molecule is CN(C(N)=NCCCCCCCCCCCCC(=O)O)c1ccccc1. The Balaban J connectivity index is 1.95. The number of nitrogens with zero attached hydrogens (tertiary/aromatic N) is 2. The van der Waals surface area contributed by atoms with Crippen molar-refractivity contribution in [3.05, 3.63) is 30.3 Å². The van der Waals surface area contributed by atoms with Gasteiger partial charge in [-0.3, -0.25) is 9.79 Å². The molecule has 0 amide bonds. The number of carbonyl (C=O) groups is 1. The second-order valence-corrected chi connectivity index (χ2v) is 6.81. The summed E-state index contributed by atoms with van der Waals surface area (Å²) in [4.78, 5) is 16.8. The van der Waals surface area contributed by atoms with E-state index in [1.54, 1.807) is 0 Å². The summed E-state index contributed by atoms with van der Waals surface area (Å²) in [6.07, 6.45) is 11.9. The molecule has 0 saturated heterocycles. The summed E-state index contributed by atoms with van der Waals surface area (Å²) in [7, 11) is 1.94. The molecule has 3 N–H and O–H groups in total. The summed E-state index contributed by atoms with van der Waals surface area (Å²) in [5.74, 6) is -0.109. The van der Waals surface area contributed by atoms with Gasteiger partial charge in [-0.15, -0.1) is 0 Å². The van der Waals surface area contributed by atoms with Crippen LogP contribution in [0.5, 0.6) is 0 Å². The number of unbranched alkanes of at least 4 members (excludes halogenated alkanes) is 9. The van der Waals surface area contributed by atoms with Gasteiger partial charge in [-0.1, -0.05) is 69.6 Å². The maximum absolute atomic E-state index is 10.4. The molecule has 146 valence electrons. The van der Waals surface area contributed by atoms with E-state index in [1.807, 2.05) is 42.3 Å². The first-order chi connectivity index (χ1) is 12.6. The fraction of sp³-hybridized carbons (Fsp3) is 0.619. The Kier molecular flexibility index (Phi) is 12.0. The number of nitrogens with two attached hydrogens (primary N) is 1. The normalized spacial score (nSPS) is 11.5. The monoisotopic (exact) mass is 361 g/mol. The molecule has 0 unspecified atom stereocenters. The third-order valence-electron chi connectivity index (χ3n) is 4.56. The molecule has 1 rings (SSSR count). The molecule has 0 aliphatic carbocycles. The van der Waals surface area contributed by atoms with Crippen LogP contribution in [0.1, 0.15) is 70.6 Å². The number of rotatable bonds is 14. The zero-order valence-electron chi connectivity index (χ0n) is 16.2. The minimum Gasteiger partial charge on any atom is -0.481 e. The van der Waals surface area contributed by atoms with Gasteiger partial charge < -0.3 is 15.7 Å². The first-order valence-corrected chi connectivity index (χ1v) is 9.91. The number of carboxylic acids is 1. The molecule has 0 heterocycles. The van der Waals surface area contributed by atoms with E-state index in [4.69, 9.17) is 10.8 Å². The van der Waals surface area contributed by atoms with E-state index in [1.165, 1.54) is 38.5 Å². The highest BCUT2D eigenvalue weighted by atomic mass is 16.4. The number of hydrogen-bond donors (Lipinski definition) is 2. The summed E-state index contributed by atoms with van der Waals surface area (Å²) in [6.45, 7) is 0.784. The highest BCUT2D eigenvalue weighted by molar-refractivity contribution is 5.94. The van der Waals surface area contributed by atoms with E-state index in [0.717, 1.165) is 37.9 Å². The Morgan fingerprint density at radius 1 is 0.923 bits per heavy atom. The predicted octanol–water partition coefficient (Wildman–Crippen LogP) is 4.81. The Hall–Kier alpha value is -2.04. The van der Waals surface area contributed by atoms with Gasteiger partial charge in [0, 0.05) is 25.7 Å². The molecule has 0 aliphatic rings. The average molecular weight is 362 g/mol. The van der Waals surface area contributed by atoms with Crippen molar-refractivity contribution in [1.29, 1.82) is 0 Å². The second kappa shape index (κ2) is 14.2. The maximum atomic E-state index is 10.4. The fourth-order valence-electron chi connectivity index (χ4n) is 2.89. The van der Waals surface area contributed by atoms with Crippen molar-refractivity contribution < 1.29 is 9.90 Å². The summed E-state index contributed by atoms with van der Waals surface area (Å²) >= 11 is 0. The van der Waals surface area contributed by atoms with Gasteiger partial charge in [-0.05, 0) is 25.0 Å². The Morgan fingerprint density at radius 2 is 1.42 bits per heavy atom. The van der Waals surface area contributed by atoms with Gasteiger partial charge in [0.1, 0.15) is 0 Å². The van der Waals surface area contributed by atoms with Crippen LogP contribution in [-0.4, -0.2) is 30.6 Å². The molecule has 1 aromatic carbocycles. The smallest absolute Gasteiger partial charge is 0.303 e. The number of benzene rings is 1. The maximum Gasteiger partial charge on any atom is 0.303 e. The van der Waals surface area contributed by atoms with Gasteiger partial charge in [-0.25, -0.2) is 0 Å². The molecular formula is C21H35N3O2. The molecule has 1 aromatic rings. The van der Waals surface area contributed by atoms with Crippen molar-refractivity contribution in [2.75, 3.05) is 18.5 Å². The molecule has 0 fully saturated rings. The van der Waals surface area contributed by atoms with Gasteiger partial charge in [-0.2, -0.15) is 0 Å². The first kappa shape index (κ1) is 22.0. The van der Waals surface area contributed by atoms with E-state index in [9.17, 15) is 4.79 Å². The van der Waals surface area contributed by atoms with Crippen molar-refractivity contribution >= 4 is 17.6 Å². The lowest BCUT2D eigenvalue weighted by molar-refractivity contribution is -0.137. The standard InChI is InChI=1S/C21H35N3O2/c1-24(19-15-11-10-12-16-19)21(22)23-18-14-9-7-5-3-2-4-6-8-13-17-20(25)26/h10-12,15-16H,2-9,13-14,17-18H2,1H3,(H2,22,23)(H,25,26). The molecule has 0 aromatic heterocycles. The van der Waals surface area contributed by atoms with Gasteiger partial charge in [0.25, 0.3) is 0 Å². The van der Waals surface area contributed by atoms with Crippen LogP contribution in [0, 0.1) is 0 Å². The molecule has 0 saturated carbocycles. The lowest BCUT2D eigenvalue weighted by Crippen LogP contribution is -2.34. The Labute approximate surface area is 158 Å². The first-order valence-electron chi connectivity index (χ1n) is 9.91. The fourth-order valence-corrected chi connectivity index (χ4v) is 2.89.